The molecule has 2 aliphatic rings. The summed E-state index contributed by atoms with van der Waals surface area (Å²) in [6.07, 6.45) is 0.676. The minimum absolute atomic E-state index is 0.0208. The van der Waals surface area contributed by atoms with Gasteiger partial charge in [0.25, 0.3) is 0 Å². The number of imide groups is 1. The number of likely N-dealkylation sites (tertiary alicyclic amines) is 1. The molecule has 0 bridgehead atoms. The summed E-state index contributed by atoms with van der Waals surface area (Å²) in [7, 11) is 1.54. The second-order valence-electron chi connectivity index (χ2n) is 3.18. The van der Waals surface area contributed by atoms with Gasteiger partial charge in [-0.3, -0.25) is 14.5 Å². The number of nitrogens with one attached hydrogen (secondary N) is 1. The Morgan fingerprint density at radius 3 is 2.55 bits per heavy atom. The molecule has 0 unspecified atom stereocenters. The molecule has 0 aromatic carbocycles. The van der Waals surface area contributed by atoms with Crippen molar-refractivity contribution in [1.29, 1.82) is 0 Å². The van der Waals surface area contributed by atoms with E-state index in [-0.39, 0.29) is 11.8 Å². The lowest BCUT2D eigenvalue weighted by Gasteiger charge is -2.41. The van der Waals surface area contributed by atoms with Gasteiger partial charge in [0.2, 0.25) is 11.8 Å². The molecule has 2 saturated heterocycles. The van der Waals surface area contributed by atoms with Crippen LogP contribution in [0, 0.1) is 5.41 Å². The molecule has 2 amide bonds. The van der Waals surface area contributed by atoms with Gasteiger partial charge in [0.05, 0.1) is 0 Å². The topological polar surface area (TPSA) is 49.4 Å². The fourth-order valence-corrected chi connectivity index (χ4v) is 1.83. The average Bonchev–Trinajstić information content (AvgIpc) is 2.51. The van der Waals surface area contributed by atoms with Gasteiger partial charge in [0.1, 0.15) is 5.41 Å². The monoisotopic (exact) mass is 154 g/mol. The summed E-state index contributed by atoms with van der Waals surface area (Å²) >= 11 is 0. The van der Waals surface area contributed by atoms with Crippen LogP contribution in [0.3, 0.4) is 0 Å². The Morgan fingerprint density at radius 1 is 1.45 bits per heavy atom. The molecule has 60 valence electrons. The average molecular weight is 154 g/mol. The van der Waals surface area contributed by atoms with Gasteiger partial charge in [-0.15, -0.1) is 0 Å². The molecule has 2 heterocycles. The first-order valence-electron chi connectivity index (χ1n) is 3.72. The quantitative estimate of drug-likeness (QED) is 0.358. The van der Waals surface area contributed by atoms with Crippen molar-refractivity contribution in [3.8, 4) is 0 Å². The van der Waals surface area contributed by atoms with E-state index in [1.54, 1.807) is 0 Å². The largest absolute Gasteiger partial charge is 0.315 e. The lowest BCUT2D eigenvalue weighted by molar-refractivity contribution is -0.172. The van der Waals surface area contributed by atoms with E-state index in [2.05, 4.69) is 5.32 Å². The molecule has 11 heavy (non-hydrogen) atoms. The van der Waals surface area contributed by atoms with Gasteiger partial charge in [0.15, 0.2) is 0 Å². The molecule has 0 saturated carbocycles. The Bertz CT molecular complexity index is 213. The highest BCUT2D eigenvalue weighted by molar-refractivity contribution is 6.21. The Balaban J connectivity index is 2.27. The van der Waals surface area contributed by atoms with Crippen molar-refractivity contribution in [2.24, 2.45) is 5.41 Å². The minimum atomic E-state index is -0.658. The normalized spacial score (nSPS) is 27.9. The van der Waals surface area contributed by atoms with E-state index >= 15 is 0 Å². The van der Waals surface area contributed by atoms with Crippen molar-refractivity contribution < 1.29 is 9.59 Å². The molecule has 2 fully saturated rings. The number of rotatable bonds is 0. The first kappa shape index (κ1) is 6.79. The van der Waals surface area contributed by atoms with Crippen molar-refractivity contribution in [2.45, 2.75) is 6.42 Å². The number of hydrogen-bond acceptors (Lipinski definition) is 3. The van der Waals surface area contributed by atoms with Crippen molar-refractivity contribution >= 4 is 11.8 Å². The van der Waals surface area contributed by atoms with Gasteiger partial charge in [-0.25, -0.2) is 0 Å². The summed E-state index contributed by atoms with van der Waals surface area (Å²) in [5, 5.41) is 3.03. The van der Waals surface area contributed by atoms with Crippen LogP contribution in [-0.2, 0) is 9.59 Å². The Labute approximate surface area is 64.5 Å². The van der Waals surface area contributed by atoms with E-state index in [1.165, 1.54) is 11.9 Å². The van der Waals surface area contributed by atoms with E-state index in [0.29, 0.717) is 13.0 Å². The SMILES string of the molecule is CN1C(=O)C2(CCNC2)C1=O. The number of amides is 2. The summed E-state index contributed by atoms with van der Waals surface area (Å²) in [4.78, 5) is 23.7. The van der Waals surface area contributed by atoms with Crippen molar-refractivity contribution in [1.82, 2.24) is 10.2 Å². The highest BCUT2D eigenvalue weighted by atomic mass is 16.2. The maximum atomic E-state index is 11.3. The van der Waals surface area contributed by atoms with Crippen molar-refractivity contribution in [3.63, 3.8) is 0 Å². The third-order valence-corrected chi connectivity index (χ3v) is 2.58. The molecule has 4 nitrogen and oxygen atoms in total. The number of hydrogen-bond donors (Lipinski definition) is 1. The van der Waals surface area contributed by atoms with E-state index in [4.69, 9.17) is 0 Å². The lowest BCUT2D eigenvalue weighted by atomic mass is 9.77. The van der Waals surface area contributed by atoms with E-state index in [9.17, 15) is 9.59 Å². The lowest BCUT2D eigenvalue weighted by Crippen LogP contribution is -2.65. The van der Waals surface area contributed by atoms with Crippen LogP contribution in [0.25, 0.3) is 0 Å². The van der Waals surface area contributed by atoms with Crippen LogP contribution in [0.2, 0.25) is 0 Å². The molecule has 0 radical (unpaired) electrons. The number of β-lactam (4-membered cyclic amide) rings is 2. The Morgan fingerprint density at radius 2 is 2.09 bits per heavy atom. The second kappa shape index (κ2) is 1.82. The smallest absolute Gasteiger partial charge is 0.246 e. The summed E-state index contributed by atoms with van der Waals surface area (Å²) in [5.41, 5.74) is -0.658. The third-order valence-electron chi connectivity index (χ3n) is 2.58. The van der Waals surface area contributed by atoms with E-state index < -0.39 is 5.41 Å². The van der Waals surface area contributed by atoms with Crippen LogP contribution < -0.4 is 5.32 Å². The van der Waals surface area contributed by atoms with Crippen molar-refractivity contribution in [3.05, 3.63) is 0 Å². The maximum Gasteiger partial charge on any atom is 0.246 e. The zero-order valence-electron chi connectivity index (χ0n) is 6.39. The van der Waals surface area contributed by atoms with Crippen LogP contribution in [0.4, 0.5) is 0 Å². The van der Waals surface area contributed by atoms with Gasteiger partial charge >= 0.3 is 0 Å². The molecule has 0 aromatic rings. The highest BCUT2D eigenvalue weighted by Gasteiger charge is 2.60. The van der Waals surface area contributed by atoms with Gasteiger partial charge in [-0.1, -0.05) is 0 Å². The molecule has 1 N–H and O–H groups in total. The molecule has 1 spiro atoms. The molecule has 0 aromatic heterocycles. The first-order chi connectivity index (χ1) is 5.18. The standard InChI is InChI=1S/C7H10N2O2/c1-9-5(10)7(6(9)11)2-3-8-4-7/h8H,2-4H2,1H3. The third kappa shape index (κ3) is 0.581. The van der Waals surface area contributed by atoms with E-state index in [0.717, 1.165) is 6.54 Å². The van der Waals surface area contributed by atoms with Gasteiger partial charge in [0, 0.05) is 13.6 Å². The first-order valence-corrected chi connectivity index (χ1v) is 3.72. The molecule has 0 atom stereocenters. The van der Waals surface area contributed by atoms with Crippen LogP contribution in [0.15, 0.2) is 0 Å². The fraction of sp³-hybridized carbons (Fsp3) is 0.714. The molecular weight excluding hydrogens is 144 g/mol. The number of carbonyl (C=O) groups is 2. The Kier molecular flexibility index (Phi) is 1.12. The zero-order chi connectivity index (χ0) is 8.06. The summed E-state index contributed by atoms with van der Waals surface area (Å²) in [6.45, 7) is 1.32. The molecule has 2 aliphatic heterocycles. The van der Waals surface area contributed by atoms with Crippen LogP contribution in [-0.4, -0.2) is 36.9 Å². The van der Waals surface area contributed by atoms with Crippen LogP contribution >= 0.6 is 0 Å². The van der Waals surface area contributed by atoms with Gasteiger partial charge in [-0.05, 0) is 13.0 Å². The summed E-state index contributed by atoms with van der Waals surface area (Å²) < 4.78 is 0. The van der Waals surface area contributed by atoms with Crippen molar-refractivity contribution in [2.75, 3.05) is 20.1 Å². The molecule has 0 aliphatic carbocycles. The second-order valence-corrected chi connectivity index (χ2v) is 3.18. The van der Waals surface area contributed by atoms with Gasteiger partial charge < -0.3 is 5.32 Å². The summed E-state index contributed by atoms with van der Waals surface area (Å²) in [5.74, 6) is -0.0417. The molecule has 2 rings (SSSR count). The highest BCUT2D eigenvalue weighted by Crippen LogP contribution is 2.37. The molecule has 4 heteroatoms. The number of carbonyl (C=O) groups excluding carboxylic acids is 2. The van der Waals surface area contributed by atoms with Crippen LogP contribution in [0.1, 0.15) is 6.42 Å². The van der Waals surface area contributed by atoms with Crippen LogP contribution in [0.5, 0.6) is 0 Å². The minimum Gasteiger partial charge on any atom is -0.315 e. The fourth-order valence-electron chi connectivity index (χ4n) is 1.83. The summed E-state index contributed by atoms with van der Waals surface area (Å²) in [6, 6.07) is 0. The molecular formula is C7H10N2O2. The van der Waals surface area contributed by atoms with E-state index in [1.807, 2.05) is 0 Å². The maximum absolute atomic E-state index is 11.3. The Hall–Kier alpha value is -0.900. The predicted octanol–water partition coefficient (Wildman–Crippen LogP) is -1.04. The number of nitrogens with zero attached hydrogens (tertiary/aromatic N) is 1. The van der Waals surface area contributed by atoms with Gasteiger partial charge in [-0.2, -0.15) is 0 Å². The zero-order valence-corrected chi connectivity index (χ0v) is 6.39. The predicted molar refractivity (Wildman–Crippen MR) is 37.7 cm³/mol.